The fourth-order valence-electron chi connectivity index (χ4n) is 2.47. The van der Waals surface area contributed by atoms with Gasteiger partial charge in [-0.1, -0.05) is 35.0 Å². The van der Waals surface area contributed by atoms with Gasteiger partial charge < -0.3 is 15.1 Å². The van der Waals surface area contributed by atoms with Crippen LogP contribution < -0.4 is 0 Å². The van der Waals surface area contributed by atoms with E-state index in [1.807, 2.05) is 24.3 Å². The topological polar surface area (TPSA) is 43.7 Å². The molecule has 0 bridgehead atoms. The second-order valence-electron chi connectivity index (χ2n) is 5.49. The fourth-order valence-corrected chi connectivity index (χ4v) is 2.74. The molecule has 1 aromatic carbocycles. The van der Waals surface area contributed by atoms with Crippen molar-refractivity contribution in [2.45, 2.75) is 32.0 Å². The highest BCUT2D eigenvalue weighted by Crippen LogP contribution is 2.22. The van der Waals surface area contributed by atoms with Crippen LogP contribution in [0.15, 0.2) is 28.7 Å². The molecule has 0 saturated carbocycles. The maximum atomic E-state index is 10.2. The van der Waals surface area contributed by atoms with Gasteiger partial charge in [-0.15, -0.1) is 0 Å². The van der Waals surface area contributed by atoms with E-state index in [-0.39, 0.29) is 6.10 Å². The summed E-state index contributed by atoms with van der Waals surface area (Å²) in [5, 5.41) is 20.0. The molecule has 0 aromatic heterocycles. The minimum Gasteiger partial charge on any atom is -0.392 e. The maximum Gasteiger partial charge on any atom is 0.0802 e. The van der Waals surface area contributed by atoms with E-state index >= 15 is 0 Å². The standard InChI is InChI=1S/C15H22BrNO2/c1-11-6-8-17(10-15(11)19)9-7-14(18)12-2-4-13(16)5-3-12/h2-5,11,14-15,18-19H,6-10H2,1H3. The molecule has 0 aliphatic carbocycles. The Morgan fingerprint density at radius 1 is 1.37 bits per heavy atom. The first-order valence-electron chi connectivity index (χ1n) is 6.90. The van der Waals surface area contributed by atoms with Crippen LogP contribution in [0.4, 0.5) is 0 Å². The summed E-state index contributed by atoms with van der Waals surface area (Å²) in [7, 11) is 0. The minimum atomic E-state index is -0.426. The van der Waals surface area contributed by atoms with Crippen molar-refractivity contribution in [2.75, 3.05) is 19.6 Å². The number of rotatable bonds is 4. The average molecular weight is 328 g/mol. The van der Waals surface area contributed by atoms with Crippen molar-refractivity contribution in [1.82, 2.24) is 4.90 Å². The molecule has 1 fully saturated rings. The predicted octanol–water partition coefficient (Wildman–Crippen LogP) is 2.58. The molecule has 19 heavy (non-hydrogen) atoms. The SMILES string of the molecule is CC1CCN(CCC(O)c2ccc(Br)cc2)CC1O. The lowest BCUT2D eigenvalue weighted by Gasteiger charge is -2.34. The number of nitrogens with zero attached hydrogens (tertiary/aromatic N) is 1. The number of β-amino-alcohol motifs (C(OH)–C–C–N with tert-alkyl or cyclic N) is 1. The molecule has 1 aliphatic rings. The number of hydrogen-bond acceptors (Lipinski definition) is 3. The van der Waals surface area contributed by atoms with E-state index in [2.05, 4.69) is 27.8 Å². The largest absolute Gasteiger partial charge is 0.392 e. The lowest BCUT2D eigenvalue weighted by Crippen LogP contribution is -2.43. The molecule has 1 aliphatic heterocycles. The third-order valence-electron chi connectivity index (χ3n) is 3.98. The van der Waals surface area contributed by atoms with Crippen LogP contribution in [0.25, 0.3) is 0 Å². The monoisotopic (exact) mass is 327 g/mol. The fraction of sp³-hybridized carbons (Fsp3) is 0.600. The van der Waals surface area contributed by atoms with Crippen molar-refractivity contribution < 1.29 is 10.2 Å². The number of aliphatic hydroxyl groups excluding tert-OH is 2. The predicted molar refractivity (Wildman–Crippen MR) is 79.9 cm³/mol. The van der Waals surface area contributed by atoms with Crippen molar-refractivity contribution in [3.8, 4) is 0 Å². The number of piperidine rings is 1. The number of benzene rings is 1. The smallest absolute Gasteiger partial charge is 0.0802 e. The van der Waals surface area contributed by atoms with Crippen molar-refractivity contribution in [2.24, 2.45) is 5.92 Å². The van der Waals surface area contributed by atoms with Crippen LogP contribution in [-0.4, -0.2) is 40.9 Å². The summed E-state index contributed by atoms with van der Waals surface area (Å²) in [6.45, 7) is 4.68. The molecule has 1 saturated heterocycles. The Labute approximate surface area is 123 Å². The molecule has 0 radical (unpaired) electrons. The molecule has 0 amide bonds. The first-order valence-corrected chi connectivity index (χ1v) is 7.69. The van der Waals surface area contributed by atoms with E-state index in [4.69, 9.17) is 0 Å². The molecular weight excluding hydrogens is 306 g/mol. The molecule has 4 heteroatoms. The summed E-state index contributed by atoms with van der Waals surface area (Å²) in [4.78, 5) is 2.24. The number of halogens is 1. The maximum absolute atomic E-state index is 10.2. The van der Waals surface area contributed by atoms with E-state index < -0.39 is 6.10 Å². The number of likely N-dealkylation sites (tertiary alicyclic amines) is 1. The highest BCUT2D eigenvalue weighted by Gasteiger charge is 2.24. The van der Waals surface area contributed by atoms with Gasteiger partial charge in [0, 0.05) is 17.6 Å². The zero-order valence-corrected chi connectivity index (χ0v) is 12.9. The van der Waals surface area contributed by atoms with Gasteiger partial charge in [0.05, 0.1) is 12.2 Å². The van der Waals surface area contributed by atoms with E-state index in [1.165, 1.54) is 0 Å². The van der Waals surface area contributed by atoms with Gasteiger partial charge in [0.2, 0.25) is 0 Å². The third-order valence-corrected chi connectivity index (χ3v) is 4.50. The van der Waals surface area contributed by atoms with E-state index in [1.54, 1.807) is 0 Å². The second-order valence-corrected chi connectivity index (χ2v) is 6.41. The highest BCUT2D eigenvalue weighted by molar-refractivity contribution is 9.10. The van der Waals surface area contributed by atoms with Crippen LogP contribution in [0.3, 0.4) is 0 Å². The summed E-state index contributed by atoms with van der Waals surface area (Å²) in [6, 6.07) is 7.79. The van der Waals surface area contributed by atoms with Gasteiger partial charge in [0.25, 0.3) is 0 Å². The summed E-state index contributed by atoms with van der Waals surface area (Å²) in [5.74, 6) is 0.396. The summed E-state index contributed by atoms with van der Waals surface area (Å²) in [5.41, 5.74) is 0.953. The molecule has 3 atom stereocenters. The number of aliphatic hydroxyl groups is 2. The second kappa shape index (κ2) is 6.84. The van der Waals surface area contributed by atoms with Gasteiger partial charge in [-0.25, -0.2) is 0 Å². The number of hydrogen-bond donors (Lipinski definition) is 2. The molecule has 2 rings (SSSR count). The van der Waals surface area contributed by atoms with Gasteiger partial charge in [-0.2, -0.15) is 0 Å². The Balaban J connectivity index is 1.80. The first-order chi connectivity index (χ1) is 9.06. The Hall–Kier alpha value is -0.420. The van der Waals surface area contributed by atoms with Crippen molar-refractivity contribution in [3.63, 3.8) is 0 Å². The van der Waals surface area contributed by atoms with Gasteiger partial charge in [0.15, 0.2) is 0 Å². The van der Waals surface area contributed by atoms with Crippen LogP contribution in [0.5, 0.6) is 0 Å². The third kappa shape index (κ3) is 4.28. The average Bonchev–Trinajstić information content (AvgIpc) is 2.40. The molecule has 2 N–H and O–H groups in total. The molecule has 1 heterocycles. The van der Waals surface area contributed by atoms with E-state index in [0.717, 1.165) is 36.1 Å². The van der Waals surface area contributed by atoms with Crippen LogP contribution in [0.1, 0.15) is 31.4 Å². The highest BCUT2D eigenvalue weighted by atomic mass is 79.9. The van der Waals surface area contributed by atoms with Crippen molar-refractivity contribution in [3.05, 3.63) is 34.3 Å². The van der Waals surface area contributed by atoms with Gasteiger partial charge in [0.1, 0.15) is 0 Å². The molecule has 106 valence electrons. The van der Waals surface area contributed by atoms with Crippen LogP contribution in [0.2, 0.25) is 0 Å². The summed E-state index contributed by atoms with van der Waals surface area (Å²) < 4.78 is 1.02. The van der Waals surface area contributed by atoms with E-state index in [0.29, 0.717) is 12.3 Å². The van der Waals surface area contributed by atoms with E-state index in [9.17, 15) is 10.2 Å². The molecular formula is C15H22BrNO2. The lowest BCUT2D eigenvalue weighted by atomic mass is 9.95. The Morgan fingerprint density at radius 3 is 2.68 bits per heavy atom. The zero-order valence-electron chi connectivity index (χ0n) is 11.3. The van der Waals surface area contributed by atoms with Crippen LogP contribution >= 0.6 is 15.9 Å². The van der Waals surface area contributed by atoms with Crippen molar-refractivity contribution in [1.29, 1.82) is 0 Å². The minimum absolute atomic E-state index is 0.224. The first kappa shape index (κ1) is 15.0. The zero-order chi connectivity index (χ0) is 13.8. The normalized spacial score (nSPS) is 26.3. The summed E-state index contributed by atoms with van der Waals surface area (Å²) in [6.07, 6.45) is 1.10. The molecule has 3 unspecified atom stereocenters. The summed E-state index contributed by atoms with van der Waals surface area (Å²) >= 11 is 3.39. The van der Waals surface area contributed by atoms with Crippen LogP contribution in [0, 0.1) is 5.92 Å². The lowest BCUT2D eigenvalue weighted by molar-refractivity contribution is 0.0226. The van der Waals surface area contributed by atoms with Gasteiger partial charge >= 0.3 is 0 Å². The van der Waals surface area contributed by atoms with Crippen LogP contribution in [-0.2, 0) is 0 Å². The molecule has 3 nitrogen and oxygen atoms in total. The van der Waals surface area contributed by atoms with Gasteiger partial charge in [-0.3, -0.25) is 0 Å². The Morgan fingerprint density at radius 2 is 2.05 bits per heavy atom. The van der Waals surface area contributed by atoms with Crippen molar-refractivity contribution >= 4 is 15.9 Å². The molecule has 0 spiro atoms. The Bertz CT molecular complexity index is 396. The van der Waals surface area contributed by atoms with Gasteiger partial charge in [-0.05, 0) is 43.0 Å². The molecule has 1 aromatic rings. The quantitative estimate of drug-likeness (QED) is 0.893. The Kier molecular flexibility index (Phi) is 5.39.